The number of benzene rings is 1. The molecule has 0 bridgehead atoms. The van der Waals surface area contributed by atoms with Crippen LogP contribution in [0, 0.1) is 11.8 Å². The van der Waals surface area contributed by atoms with Gasteiger partial charge in [0.1, 0.15) is 0 Å². The van der Waals surface area contributed by atoms with Gasteiger partial charge >= 0.3 is 0 Å². The highest BCUT2D eigenvalue weighted by atomic mass is 16.2. The van der Waals surface area contributed by atoms with E-state index in [0.29, 0.717) is 18.3 Å². The third-order valence-corrected chi connectivity index (χ3v) is 6.01. The molecular formula is C22H32N2O2. The lowest BCUT2D eigenvalue weighted by Gasteiger charge is -2.32. The van der Waals surface area contributed by atoms with Crippen molar-refractivity contribution >= 4 is 11.8 Å². The summed E-state index contributed by atoms with van der Waals surface area (Å²) in [6.45, 7) is 2.48. The first-order valence-corrected chi connectivity index (χ1v) is 10.3. The summed E-state index contributed by atoms with van der Waals surface area (Å²) in [6, 6.07) is 9.51. The molecular weight excluding hydrogens is 324 g/mol. The van der Waals surface area contributed by atoms with Crippen LogP contribution in [-0.4, -0.2) is 36.3 Å². The number of hydrogen-bond donors (Lipinski definition) is 1. The topological polar surface area (TPSA) is 49.4 Å². The van der Waals surface area contributed by atoms with E-state index in [0.717, 1.165) is 44.5 Å². The van der Waals surface area contributed by atoms with Crippen molar-refractivity contribution in [2.24, 2.45) is 11.8 Å². The number of carbonyl (C=O) groups is 2. The fraction of sp³-hybridized carbons (Fsp3) is 0.636. The first-order chi connectivity index (χ1) is 12.7. The molecule has 1 heterocycles. The molecule has 0 spiro atoms. The van der Waals surface area contributed by atoms with Crippen molar-refractivity contribution in [2.75, 3.05) is 19.6 Å². The maximum atomic E-state index is 12.5. The summed E-state index contributed by atoms with van der Waals surface area (Å²) in [7, 11) is 0. The fourth-order valence-electron chi connectivity index (χ4n) is 4.26. The zero-order valence-corrected chi connectivity index (χ0v) is 15.8. The molecule has 2 fully saturated rings. The minimum Gasteiger partial charge on any atom is -0.356 e. The third kappa shape index (κ3) is 5.58. The van der Waals surface area contributed by atoms with Gasteiger partial charge in [0.2, 0.25) is 5.91 Å². The van der Waals surface area contributed by atoms with E-state index in [2.05, 4.69) is 5.32 Å². The lowest BCUT2D eigenvalue weighted by molar-refractivity contribution is -0.121. The normalized spacial score (nSPS) is 19.3. The first kappa shape index (κ1) is 18.9. The van der Waals surface area contributed by atoms with Crippen LogP contribution in [0.15, 0.2) is 30.3 Å². The Morgan fingerprint density at radius 1 is 0.923 bits per heavy atom. The zero-order valence-electron chi connectivity index (χ0n) is 15.8. The van der Waals surface area contributed by atoms with Gasteiger partial charge in [-0.1, -0.05) is 37.5 Å². The number of rotatable bonds is 6. The van der Waals surface area contributed by atoms with E-state index >= 15 is 0 Å². The van der Waals surface area contributed by atoms with Gasteiger partial charge in [-0.15, -0.1) is 0 Å². The molecule has 1 aromatic rings. The van der Waals surface area contributed by atoms with Crippen molar-refractivity contribution in [3.05, 3.63) is 35.9 Å². The summed E-state index contributed by atoms with van der Waals surface area (Å²) in [4.78, 5) is 26.5. The number of hydrogen-bond acceptors (Lipinski definition) is 2. The summed E-state index contributed by atoms with van der Waals surface area (Å²) >= 11 is 0. The fourth-order valence-corrected chi connectivity index (χ4v) is 4.26. The largest absolute Gasteiger partial charge is 0.356 e. The smallest absolute Gasteiger partial charge is 0.253 e. The summed E-state index contributed by atoms with van der Waals surface area (Å²) in [5.74, 6) is 1.60. The Kier molecular flexibility index (Phi) is 7.10. The van der Waals surface area contributed by atoms with Gasteiger partial charge in [-0.3, -0.25) is 9.59 Å². The van der Waals surface area contributed by atoms with Gasteiger partial charge in [-0.2, -0.15) is 0 Å². The quantitative estimate of drug-likeness (QED) is 0.837. The third-order valence-electron chi connectivity index (χ3n) is 6.01. The van der Waals surface area contributed by atoms with Gasteiger partial charge in [0, 0.05) is 31.6 Å². The van der Waals surface area contributed by atoms with Crippen molar-refractivity contribution in [1.82, 2.24) is 10.2 Å². The average Bonchev–Trinajstić information content (AvgIpc) is 2.72. The van der Waals surface area contributed by atoms with E-state index in [-0.39, 0.29) is 11.8 Å². The molecule has 0 atom stereocenters. The Balaban J connectivity index is 1.32. The average molecular weight is 357 g/mol. The van der Waals surface area contributed by atoms with Gasteiger partial charge in [0.25, 0.3) is 5.91 Å². The monoisotopic (exact) mass is 356 g/mol. The number of piperidine rings is 1. The molecule has 2 aliphatic rings. The molecule has 2 amide bonds. The molecule has 4 heteroatoms. The Morgan fingerprint density at radius 3 is 2.31 bits per heavy atom. The molecule has 0 aromatic heterocycles. The Labute approximate surface area is 157 Å². The summed E-state index contributed by atoms with van der Waals surface area (Å²) in [6.07, 6.45) is 10.1. The summed E-state index contributed by atoms with van der Waals surface area (Å²) < 4.78 is 0. The minimum absolute atomic E-state index is 0.134. The first-order valence-electron chi connectivity index (χ1n) is 10.3. The summed E-state index contributed by atoms with van der Waals surface area (Å²) in [5, 5.41) is 3.14. The van der Waals surface area contributed by atoms with Crippen molar-refractivity contribution in [3.63, 3.8) is 0 Å². The highest BCUT2D eigenvalue weighted by Crippen LogP contribution is 2.24. The van der Waals surface area contributed by atoms with Crippen molar-refractivity contribution in [1.29, 1.82) is 0 Å². The zero-order chi connectivity index (χ0) is 18.2. The van der Waals surface area contributed by atoms with Crippen LogP contribution in [0.5, 0.6) is 0 Å². The summed E-state index contributed by atoms with van der Waals surface area (Å²) in [5.41, 5.74) is 0.771. The Morgan fingerprint density at radius 2 is 1.62 bits per heavy atom. The second-order valence-corrected chi connectivity index (χ2v) is 7.95. The van der Waals surface area contributed by atoms with Gasteiger partial charge in [-0.25, -0.2) is 0 Å². The van der Waals surface area contributed by atoms with Crippen molar-refractivity contribution in [3.8, 4) is 0 Å². The molecule has 1 saturated heterocycles. The number of nitrogens with zero attached hydrogens (tertiary/aromatic N) is 1. The van der Waals surface area contributed by atoms with E-state index in [1.165, 1.54) is 32.1 Å². The number of nitrogens with one attached hydrogen (secondary N) is 1. The van der Waals surface area contributed by atoms with Crippen LogP contribution >= 0.6 is 0 Å². The molecule has 1 saturated carbocycles. The van der Waals surface area contributed by atoms with Gasteiger partial charge in [-0.05, 0) is 56.1 Å². The van der Waals surface area contributed by atoms with E-state index in [9.17, 15) is 9.59 Å². The van der Waals surface area contributed by atoms with Crippen molar-refractivity contribution in [2.45, 2.75) is 57.8 Å². The van der Waals surface area contributed by atoms with Crippen LogP contribution in [0.1, 0.15) is 68.1 Å². The second kappa shape index (κ2) is 9.75. The highest BCUT2D eigenvalue weighted by Gasteiger charge is 2.24. The maximum Gasteiger partial charge on any atom is 0.253 e. The molecule has 0 radical (unpaired) electrons. The predicted molar refractivity (Wildman–Crippen MR) is 104 cm³/mol. The lowest BCUT2D eigenvalue weighted by atomic mass is 9.89. The molecule has 1 aliphatic heterocycles. The van der Waals surface area contributed by atoms with Gasteiger partial charge < -0.3 is 10.2 Å². The van der Waals surface area contributed by atoms with Crippen molar-refractivity contribution < 1.29 is 9.59 Å². The molecule has 1 aromatic carbocycles. The molecule has 142 valence electrons. The van der Waals surface area contributed by atoms with E-state index in [4.69, 9.17) is 0 Å². The molecule has 1 aliphatic carbocycles. The SMILES string of the molecule is O=C(CCC1CCN(C(=O)c2ccccc2)CC1)NCC1CCCCC1. The minimum atomic E-state index is 0.134. The highest BCUT2D eigenvalue weighted by molar-refractivity contribution is 5.94. The second-order valence-electron chi connectivity index (χ2n) is 7.95. The van der Waals surface area contributed by atoms with Crippen LogP contribution in [0.4, 0.5) is 0 Å². The number of amides is 2. The number of likely N-dealkylation sites (tertiary alicyclic amines) is 1. The Hall–Kier alpha value is -1.84. The van der Waals surface area contributed by atoms with Gasteiger partial charge in [0.05, 0.1) is 0 Å². The van der Waals surface area contributed by atoms with Crippen LogP contribution in [0.3, 0.4) is 0 Å². The van der Waals surface area contributed by atoms with Crippen LogP contribution in [0.2, 0.25) is 0 Å². The van der Waals surface area contributed by atoms with E-state index in [1.54, 1.807) is 0 Å². The maximum absolute atomic E-state index is 12.5. The van der Waals surface area contributed by atoms with Crippen LogP contribution in [-0.2, 0) is 4.79 Å². The standard InChI is InChI=1S/C22H32N2O2/c25-21(23-17-19-7-3-1-4-8-19)12-11-18-13-15-24(16-14-18)22(26)20-9-5-2-6-10-20/h2,5-6,9-10,18-19H,1,3-4,7-8,11-17H2,(H,23,25). The lowest BCUT2D eigenvalue weighted by Crippen LogP contribution is -2.38. The molecule has 4 nitrogen and oxygen atoms in total. The molecule has 3 rings (SSSR count). The molecule has 26 heavy (non-hydrogen) atoms. The predicted octanol–water partition coefficient (Wildman–Crippen LogP) is 4.02. The Bertz CT molecular complexity index is 573. The van der Waals surface area contributed by atoms with Crippen LogP contribution < -0.4 is 5.32 Å². The van der Waals surface area contributed by atoms with E-state index in [1.807, 2.05) is 35.2 Å². The van der Waals surface area contributed by atoms with Gasteiger partial charge in [0.15, 0.2) is 0 Å². The molecule has 0 unspecified atom stereocenters. The van der Waals surface area contributed by atoms with Crippen LogP contribution in [0.25, 0.3) is 0 Å². The number of carbonyl (C=O) groups excluding carboxylic acids is 2. The van der Waals surface area contributed by atoms with E-state index < -0.39 is 0 Å². The molecule has 1 N–H and O–H groups in total.